The van der Waals surface area contributed by atoms with Crippen LogP contribution < -0.4 is 0 Å². The third kappa shape index (κ3) is 0.932. The van der Waals surface area contributed by atoms with Crippen LogP contribution in [0, 0.1) is 11.3 Å². The van der Waals surface area contributed by atoms with Gasteiger partial charge in [-0.15, -0.1) is 0 Å². The van der Waals surface area contributed by atoms with E-state index in [1.54, 1.807) is 0 Å². The van der Waals surface area contributed by atoms with E-state index in [-0.39, 0.29) is 11.3 Å². The molecule has 0 atom stereocenters. The van der Waals surface area contributed by atoms with Crippen molar-refractivity contribution in [2.75, 3.05) is 0 Å². The first-order chi connectivity index (χ1) is 5.25. The largest absolute Gasteiger partial charge is 0.160 e. The first-order valence-corrected chi connectivity index (χ1v) is 5.52. The van der Waals surface area contributed by atoms with Crippen LogP contribution in [0.25, 0.3) is 0 Å². The van der Waals surface area contributed by atoms with Gasteiger partial charge in [0.05, 0.1) is 0 Å². The topological polar surface area (TPSA) is 0 Å². The van der Waals surface area contributed by atoms with E-state index in [9.17, 15) is 0 Å². The van der Waals surface area contributed by atoms with E-state index in [0.29, 0.717) is 0 Å². The summed E-state index contributed by atoms with van der Waals surface area (Å²) in [6, 6.07) is 0. The van der Waals surface area contributed by atoms with Gasteiger partial charge in [-0.3, -0.25) is 0 Å². The van der Waals surface area contributed by atoms with Gasteiger partial charge in [0.15, 0.2) is 8.67 Å². The summed E-state index contributed by atoms with van der Waals surface area (Å²) in [5, 5.41) is 0. The normalized spacial score (nSPS) is 29.0. The predicted octanol–water partition coefficient (Wildman–Crippen LogP) is 4.40. The summed E-state index contributed by atoms with van der Waals surface area (Å²) in [6.45, 7) is 6.08. The van der Waals surface area contributed by atoms with E-state index in [1.807, 2.05) is 20.8 Å². The van der Waals surface area contributed by atoms with Crippen LogP contribution in [0.1, 0.15) is 27.2 Å². The minimum Gasteiger partial charge on any atom is -0.0975 e. The first-order valence-electron chi connectivity index (χ1n) is 4.01. The van der Waals surface area contributed by atoms with E-state index < -0.39 is 8.67 Å². The molecule has 0 saturated heterocycles. The Hall–Kier alpha value is 1.16. The zero-order valence-corrected chi connectivity index (χ0v) is 10.3. The molecule has 0 amide bonds. The quantitative estimate of drug-likeness (QED) is 0.637. The van der Waals surface area contributed by atoms with Crippen LogP contribution in [-0.4, -0.2) is 8.67 Å². The van der Waals surface area contributed by atoms with E-state index in [0.717, 1.165) is 6.42 Å². The van der Waals surface area contributed by atoms with Gasteiger partial charge in [0, 0.05) is 5.41 Å². The Morgan fingerprint density at radius 1 is 1.00 bits per heavy atom. The van der Waals surface area contributed by atoms with Gasteiger partial charge in [0.2, 0.25) is 0 Å². The maximum absolute atomic E-state index is 6.05. The van der Waals surface area contributed by atoms with Gasteiger partial charge in [-0.05, 0) is 12.3 Å². The summed E-state index contributed by atoms with van der Waals surface area (Å²) in [4.78, 5) is 0. The summed E-state index contributed by atoms with van der Waals surface area (Å²) in [5.41, 5.74) is -0.355. The molecule has 0 aromatic heterocycles. The van der Waals surface area contributed by atoms with Gasteiger partial charge in [0.25, 0.3) is 0 Å². The molecule has 72 valence electrons. The van der Waals surface area contributed by atoms with Gasteiger partial charge >= 0.3 is 0 Å². The van der Waals surface area contributed by atoms with E-state index in [1.165, 1.54) is 0 Å². The van der Waals surface area contributed by atoms with E-state index in [4.69, 9.17) is 46.4 Å². The Kier molecular flexibility index (Phi) is 2.64. The zero-order valence-electron chi connectivity index (χ0n) is 7.30. The Labute approximate surface area is 93.5 Å². The average Bonchev–Trinajstić information content (AvgIpc) is 2.21. The van der Waals surface area contributed by atoms with E-state index in [2.05, 4.69) is 0 Å². The van der Waals surface area contributed by atoms with Gasteiger partial charge in [-0.2, -0.15) is 0 Å². The second kappa shape index (κ2) is 2.82. The van der Waals surface area contributed by atoms with Crippen molar-refractivity contribution in [3.63, 3.8) is 0 Å². The third-order valence-corrected chi connectivity index (χ3v) is 5.87. The highest BCUT2D eigenvalue weighted by Gasteiger charge is 2.86. The summed E-state index contributed by atoms with van der Waals surface area (Å²) >= 11 is 24.2. The molecule has 0 heterocycles. The molecule has 1 aliphatic rings. The molecule has 0 spiro atoms. The fraction of sp³-hybridized carbons (Fsp3) is 1.00. The van der Waals surface area contributed by atoms with Gasteiger partial charge in [0.1, 0.15) is 0 Å². The molecule has 1 fully saturated rings. The molecule has 0 aromatic carbocycles. The van der Waals surface area contributed by atoms with Crippen LogP contribution in [0.5, 0.6) is 0 Å². The Balaban J connectivity index is 3.03. The SMILES string of the molecule is CCC1(C(C)C)C(Cl)(Cl)C1(Cl)Cl. The molecule has 0 radical (unpaired) electrons. The minimum absolute atomic E-state index is 0.285. The molecule has 0 unspecified atom stereocenters. The maximum atomic E-state index is 6.05. The lowest BCUT2D eigenvalue weighted by atomic mass is 9.89. The van der Waals surface area contributed by atoms with Crippen LogP contribution in [0.4, 0.5) is 0 Å². The summed E-state index contributed by atoms with van der Waals surface area (Å²) in [5.74, 6) is 0.285. The van der Waals surface area contributed by atoms with Crippen LogP contribution >= 0.6 is 46.4 Å². The second-order valence-corrected chi connectivity index (χ2v) is 6.28. The number of hydrogen-bond donors (Lipinski definition) is 0. The number of alkyl halides is 4. The minimum atomic E-state index is -0.994. The molecule has 1 saturated carbocycles. The van der Waals surface area contributed by atoms with Gasteiger partial charge in [-0.1, -0.05) is 67.2 Å². The zero-order chi connectivity index (χ0) is 9.78. The van der Waals surface area contributed by atoms with Crippen molar-refractivity contribution in [3.8, 4) is 0 Å². The van der Waals surface area contributed by atoms with Gasteiger partial charge < -0.3 is 0 Å². The standard InChI is InChI=1S/C8H12Cl4/c1-4-6(5(2)3)7(9,10)8(6,11)12/h5H,4H2,1-3H3. The maximum Gasteiger partial charge on any atom is 0.160 e. The van der Waals surface area contributed by atoms with Crippen molar-refractivity contribution in [3.05, 3.63) is 0 Å². The smallest absolute Gasteiger partial charge is 0.0975 e. The molecule has 0 nitrogen and oxygen atoms in total. The number of rotatable bonds is 2. The summed E-state index contributed by atoms with van der Waals surface area (Å²) < 4.78 is -1.99. The van der Waals surface area contributed by atoms with Crippen molar-refractivity contribution in [2.45, 2.75) is 35.9 Å². The van der Waals surface area contributed by atoms with Crippen molar-refractivity contribution >= 4 is 46.4 Å². The number of halogens is 4. The second-order valence-electron chi connectivity index (χ2n) is 3.63. The molecule has 1 aliphatic carbocycles. The molecule has 12 heavy (non-hydrogen) atoms. The highest BCUT2D eigenvalue weighted by Crippen LogP contribution is 2.81. The van der Waals surface area contributed by atoms with Crippen LogP contribution in [0.2, 0.25) is 0 Å². The monoisotopic (exact) mass is 248 g/mol. The Morgan fingerprint density at radius 2 is 1.33 bits per heavy atom. The number of hydrogen-bond acceptors (Lipinski definition) is 0. The summed E-state index contributed by atoms with van der Waals surface area (Å²) in [6.07, 6.45) is 0.796. The lowest BCUT2D eigenvalue weighted by Crippen LogP contribution is -2.17. The first kappa shape index (κ1) is 11.2. The molecule has 0 aromatic rings. The molecule has 0 N–H and O–H groups in total. The predicted molar refractivity (Wildman–Crippen MR) is 56.4 cm³/mol. The highest BCUT2D eigenvalue weighted by atomic mass is 35.5. The molecule has 0 bridgehead atoms. The average molecular weight is 250 g/mol. The Morgan fingerprint density at radius 3 is 1.33 bits per heavy atom. The lowest BCUT2D eigenvalue weighted by molar-refractivity contribution is 0.337. The van der Waals surface area contributed by atoms with Crippen LogP contribution in [0.3, 0.4) is 0 Å². The van der Waals surface area contributed by atoms with Crippen molar-refractivity contribution in [2.24, 2.45) is 11.3 Å². The third-order valence-electron chi connectivity index (χ3n) is 3.00. The van der Waals surface area contributed by atoms with Crippen molar-refractivity contribution in [1.82, 2.24) is 0 Å². The summed E-state index contributed by atoms with van der Waals surface area (Å²) in [7, 11) is 0. The lowest BCUT2D eigenvalue weighted by Gasteiger charge is -2.20. The molecule has 0 aliphatic heterocycles. The van der Waals surface area contributed by atoms with Gasteiger partial charge in [-0.25, -0.2) is 0 Å². The van der Waals surface area contributed by atoms with Crippen molar-refractivity contribution < 1.29 is 0 Å². The molecular weight excluding hydrogens is 238 g/mol. The van der Waals surface area contributed by atoms with E-state index >= 15 is 0 Å². The Bertz CT molecular complexity index is 181. The fourth-order valence-electron chi connectivity index (χ4n) is 2.07. The molecule has 4 heteroatoms. The van der Waals surface area contributed by atoms with Crippen LogP contribution in [0.15, 0.2) is 0 Å². The molecule has 1 rings (SSSR count). The van der Waals surface area contributed by atoms with Crippen LogP contribution in [-0.2, 0) is 0 Å². The highest BCUT2D eigenvalue weighted by molar-refractivity contribution is 6.69. The molecular formula is C8H12Cl4. The van der Waals surface area contributed by atoms with Crippen molar-refractivity contribution in [1.29, 1.82) is 0 Å². The fourth-order valence-corrected chi connectivity index (χ4v) is 4.72.